The second-order valence-electron chi connectivity index (χ2n) is 4.14. The van der Waals surface area contributed by atoms with Crippen LogP contribution in [0, 0.1) is 0 Å². The number of sulfonamides is 1. The van der Waals surface area contributed by atoms with E-state index in [1.165, 1.54) is 0 Å². The second kappa shape index (κ2) is 7.36. The predicted molar refractivity (Wildman–Crippen MR) is 72.9 cm³/mol. The van der Waals surface area contributed by atoms with Gasteiger partial charge in [0.1, 0.15) is 5.56 Å². The maximum Gasteiger partial charge on any atom is 0.342 e. The summed E-state index contributed by atoms with van der Waals surface area (Å²) in [4.78, 5) is 11.6. The van der Waals surface area contributed by atoms with Gasteiger partial charge in [0.15, 0.2) is 5.03 Å². The maximum absolute atomic E-state index is 12.1. The number of likely N-dealkylation sites (N-methyl/N-ethyl adjacent to an activating group) is 1. The number of aromatic amines is 1. The first-order valence-electron chi connectivity index (χ1n) is 6.35. The van der Waals surface area contributed by atoms with Crippen LogP contribution in [0.1, 0.15) is 31.1 Å². The van der Waals surface area contributed by atoms with Gasteiger partial charge in [-0.1, -0.05) is 6.92 Å². The Bertz CT molecular complexity index is 540. The van der Waals surface area contributed by atoms with Crippen molar-refractivity contribution < 1.29 is 17.9 Å². The molecular formula is C11H20N4O4S. The van der Waals surface area contributed by atoms with E-state index in [1.54, 1.807) is 6.92 Å². The van der Waals surface area contributed by atoms with Crippen molar-refractivity contribution in [3.8, 4) is 0 Å². The molecule has 0 saturated carbocycles. The van der Waals surface area contributed by atoms with Crippen molar-refractivity contribution >= 4 is 16.0 Å². The summed E-state index contributed by atoms with van der Waals surface area (Å²) in [6.07, 6.45) is 1.14. The van der Waals surface area contributed by atoms with Gasteiger partial charge in [-0.25, -0.2) is 17.9 Å². The minimum Gasteiger partial charge on any atom is -0.462 e. The lowest BCUT2D eigenvalue weighted by Crippen LogP contribution is -2.39. The Kier molecular flexibility index (Phi) is 6.11. The molecule has 1 aromatic heterocycles. The van der Waals surface area contributed by atoms with Crippen molar-refractivity contribution in [2.45, 2.75) is 31.8 Å². The molecule has 0 fully saturated rings. The molecule has 8 nitrogen and oxygen atoms in total. The summed E-state index contributed by atoms with van der Waals surface area (Å²) in [5, 5.41) is 8.71. The molecule has 0 amide bonds. The summed E-state index contributed by atoms with van der Waals surface area (Å²) in [6, 6.07) is -0.0243. The van der Waals surface area contributed by atoms with Crippen molar-refractivity contribution in [2.75, 3.05) is 19.7 Å². The topological polar surface area (TPSA) is 113 Å². The fourth-order valence-electron chi connectivity index (χ4n) is 1.56. The normalized spacial score (nSPS) is 13.2. The van der Waals surface area contributed by atoms with E-state index in [4.69, 9.17) is 4.74 Å². The van der Waals surface area contributed by atoms with E-state index in [0.29, 0.717) is 0 Å². The van der Waals surface area contributed by atoms with Crippen LogP contribution in [0.15, 0.2) is 11.2 Å². The minimum atomic E-state index is -3.83. The Labute approximate surface area is 118 Å². The third-order valence-corrected chi connectivity index (χ3v) is 3.90. The van der Waals surface area contributed by atoms with Crippen LogP contribution < -0.4 is 10.0 Å². The molecule has 0 aromatic carbocycles. The first-order chi connectivity index (χ1) is 9.42. The highest BCUT2D eigenvalue weighted by Gasteiger charge is 2.25. The molecule has 0 bridgehead atoms. The number of ether oxygens (including phenoxy) is 1. The highest BCUT2D eigenvalue weighted by Crippen LogP contribution is 2.12. The first-order valence-corrected chi connectivity index (χ1v) is 7.84. The number of nitrogens with one attached hydrogen (secondary N) is 3. The van der Waals surface area contributed by atoms with Gasteiger partial charge >= 0.3 is 5.97 Å². The van der Waals surface area contributed by atoms with Crippen molar-refractivity contribution in [2.24, 2.45) is 0 Å². The summed E-state index contributed by atoms with van der Waals surface area (Å²) in [6.45, 7) is 6.53. The van der Waals surface area contributed by atoms with Gasteiger partial charge in [-0.15, -0.1) is 0 Å². The van der Waals surface area contributed by atoms with Gasteiger partial charge in [0.05, 0.1) is 12.8 Å². The summed E-state index contributed by atoms with van der Waals surface area (Å²) >= 11 is 0. The quantitative estimate of drug-likeness (QED) is 0.576. The standard InChI is InChI=1S/C11H20N4O4S/c1-4-12-8(3)6-14-20(17,18)10-9(7-13-15-10)11(16)19-5-2/h7-8,12,14H,4-6H2,1-3H3,(H,13,15)/t8-/m1/s1. The number of rotatable bonds is 8. The van der Waals surface area contributed by atoms with E-state index >= 15 is 0 Å². The van der Waals surface area contributed by atoms with Gasteiger partial charge in [-0.2, -0.15) is 5.10 Å². The number of nitrogens with zero attached hydrogens (tertiary/aromatic N) is 1. The van der Waals surface area contributed by atoms with Crippen molar-refractivity contribution in [3.63, 3.8) is 0 Å². The Morgan fingerprint density at radius 3 is 2.80 bits per heavy atom. The monoisotopic (exact) mass is 304 g/mol. The summed E-state index contributed by atoms with van der Waals surface area (Å²) < 4.78 is 31.4. The Balaban J connectivity index is 2.83. The third kappa shape index (κ3) is 4.29. The molecule has 1 atom stereocenters. The zero-order chi connectivity index (χ0) is 15.2. The van der Waals surface area contributed by atoms with Gasteiger partial charge in [-0.05, 0) is 20.4 Å². The lowest BCUT2D eigenvalue weighted by atomic mass is 10.3. The number of carbonyl (C=O) groups excluding carboxylic acids is 1. The highest BCUT2D eigenvalue weighted by molar-refractivity contribution is 7.89. The van der Waals surface area contributed by atoms with Crippen LogP contribution in [0.4, 0.5) is 0 Å². The number of hydrogen-bond acceptors (Lipinski definition) is 6. The Morgan fingerprint density at radius 1 is 1.50 bits per heavy atom. The van der Waals surface area contributed by atoms with Crippen LogP contribution in [0.2, 0.25) is 0 Å². The van der Waals surface area contributed by atoms with Gasteiger partial charge < -0.3 is 10.1 Å². The molecule has 1 aromatic rings. The number of esters is 1. The van der Waals surface area contributed by atoms with Crippen molar-refractivity contribution in [3.05, 3.63) is 11.8 Å². The highest BCUT2D eigenvalue weighted by atomic mass is 32.2. The Morgan fingerprint density at radius 2 is 2.20 bits per heavy atom. The lowest BCUT2D eigenvalue weighted by molar-refractivity contribution is 0.0522. The van der Waals surface area contributed by atoms with E-state index in [0.717, 1.165) is 12.7 Å². The van der Waals surface area contributed by atoms with Crippen LogP contribution in [-0.2, 0) is 14.8 Å². The molecule has 0 unspecified atom stereocenters. The molecule has 1 rings (SSSR count). The minimum absolute atomic E-state index is 0.0243. The van der Waals surface area contributed by atoms with Gasteiger partial charge in [0.2, 0.25) is 0 Å². The molecule has 0 aliphatic heterocycles. The summed E-state index contributed by atoms with van der Waals surface area (Å²) in [5.74, 6) is -0.721. The summed E-state index contributed by atoms with van der Waals surface area (Å²) in [5.41, 5.74) is -0.101. The van der Waals surface area contributed by atoms with E-state index in [1.807, 2.05) is 13.8 Å². The fourth-order valence-corrected chi connectivity index (χ4v) is 2.77. The predicted octanol–water partition coefficient (Wildman–Crippen LogP) is -0.137. The smallest absolute Gasteiger partial charge is 0.342 e. The van der Waals surface area contributed by atoms with E-state index in [2.05, 4.69) is 20.2 Å². The second-order valence-corrected chi connectivity index (χ2v) is 5.85. The number of carbonyl (C=O) groups is 1. The molecule has 1 heterocycles. The van der Waals surface area contributed by atoms with Gasteiger partial charge in [0.25, 0.3) is 10.0 Å². The molecule has 114 valence electrons. The molecular weight excluding hydrogens is 284 g/mol. The van der Waals surface area contributed by atoms with Crippen LogP contribution in [0.25, 0.3) is 0 Å². The van der Waals surface area contributed by atoms with Crippen LogP contribution in [0.3, 0.4) is 0 Å². The largest absolute Gasteiger partial charge is 0.462 e. The molecule has 3 N–H and O–H groups in total. The van der Waals surface area contributed by atoms with Crippen LogP contribution in [0.5, 0.6) is 0 Å². The number of hydrogen-bond donors (Lipinski definition) is 3. The lowest BCUT2D eigenvalue weighted by Gasteiger charge is -2.13. The molecule has 0 spiro atoms. The zero-order valence-electron chi connectivity index (χ0n) is 11.8. The average Bonchev–Trinajstić information content (AvgIpc) is 2.87. The molecule has 0 aliphatic carbocycles. The van der Waals surface area contributed by atoms with E-state index in [-0.39, 0.29) is 29.8 Å². The SMILES string of the molecule is CCN[C@H](C)CNS(=O)(=O)c1[nH]ncc1C(=O)OCC. The van der Waals surface area contributed by atoms with Crippen LogP contribution in [-0.4, -0.2) is 50.3 Å². The summed E-state index contributed by atoms with van der Waals surface area (Å²) in [7, 11) is -3.83. The van der Waals surface area contributed by atoms with E-state index < -0.39 is 16.0 Å². The molecule has 9 heteroatoms. The van der Waals surface area contributed by atoms with E-state index in [9.17, 15) is 13.2 Å². The average molecular weight is 304 g/mol. The molecule has 0 aliphatic rings. The van der Waals surface area contributed by atoms with Gasteiger partial charge in [-0.3, -0.25) is 5.10 Å². The van der Waals surface area contributed by atoms with Crippen LogP contribution >= 0.6 is 0 Å². The number of aromatic nitrogens is 2. The fraction of sp³-hybridized carbons (Fsp3) is 0.636. The molecule has 0 saturated heterocycles. The molecule has 0 radical (unpaired) electrons. The third-order valence-electron chi connectivity index (χ3n) is 2.50. The molecule has 20 heavy (non-hydrogen) atoms. The maximum atomic E-state index is 12.1. The van der Waals surface area contributed by atoms with Gasteiger partial charge in [0, 0.05) is 12.6 Å². The van der Waals surface area contributed by atoms with Crippen molar-refractivity contribution in [1.82, 2.24) is 20.2 Å². The zero-order valence-corrected chi connectivity index (χ0v) is 12.6. The van der Waals surface area contributed by atoms with Crippen molar-refractivity contribution in [1.29, 1.82) is 0 Å². The Hall–Kier alpha value is -1.45. The first kappa shape index (κ1) is 16.6. The number of H-pyrrole nitrogens is 1.